The lowest BCUT2D eigenvalue weighted by molar-refractivity contribution is -0.127. The first-order valence-corrected chi connectivity index (χ1v) is 11.7. The molecule has 0 saturated carbocycles. The summed E-state index contributed by atoms with van der Waals surface area (Å²) in [6.45, 7) is 4.24. The number of halogens is 1. The Morgan fingerprint density at radius 3 is 2.62 bits per heavy atom. The van der Waals surface area contributed by atoms with E-state index in [0.717, 1.165) is 0 Å². The van der Waals surface area contributed by atoms with Gasteiger partial charge in [0.1, 0.15) is 5.82 Å². The molecule has 1 aromatic carbocycles. The quantitative estimate of drug-likeness (QED) is 0.533. The monoisotopic (exact) mass is 476 g/mol. The van der Waals surface area contributed by atoms with Gasteiger partial charge in [0.25, 0.3) is 0 Å². The molecule has 0 bridgehead atoms. The normalized spacial score (nSPS) is 21.1. The first kappa shape index (κ1) is 26.1. The maximum Gasteiger partial charge on any atom is 0.246 e. The molecule has 1 fully saturated rings. The topological polar surface area (TPSA) is 96.6 Å². The number of hydrogen-bond acceptors (Lipinski definition) is 7. The lowest BCUT2D eigenvalue weighted by Gasteiger charge is -2.38. The second-order valence-corrected chi connectivity index (χ2v) is 9.29. The average Bonchev–Trinajstić information content (AvgIpc) is 2.80. The zero-order valence-electron chi connectivity index (χ0n) is 20.4. The summed E-state index contributed by atoms with van der Waals surface area (Å²) in [5, 5.41) is 10.8. The van der Waals surface area contributed by atoms with E-state index in [1.165, 1.54) is 11.0 Å². The number of aliphatic hydroxyl groups is 1. The summed E-state index contributed by atoms with van der Waals surface area (Å²) in [6.07, 6.45) is 3.11. The van der Waals surface area contributed by atoms with Gasteiger partial charge in [-0.15, -0.1) is 0 Å². The number of benzene rings is 1. The average molecular weight is 477 g/mol. The third kappa shape index (κ3) is 6.53. The van der Waals surface area contributed by atoms with Crippen LogP contribution in [0.15, 0.2) is 30.4 Å². The molecule has 0 spiro atoms. The van der Waals surface area contributed by atoms with E-state index in [9.17, 15) is 19.1 Å². The van der Waals surface area contributed by atoms with Crippen molar-refractivity contribution < 1.29 is 19.1 Å². The number of nitrogens with zero attached hydrogens (tertiary/aromatic N) is 5. The molecule has 2 amide bonds. The van der Waals surface area contributed by atoms with Crippen LogP contribution in [0.1, 0.15) is 6.42 Å². The highest BCUT2D eigenvalue weighted by Gasteiger charge is 2.30. The summed E-state index contributed by atoms with van der Waals surface area (Å²) in [4.78, 5) is 33.9. The molecule has 188 valence electrons. The molecular weight excluding hydrogens is 439 g/mol. The van der Waals surface area contributed by atoms with Crippen LogP contribution in [0.4, 0.5) is 15.8 Å². The van der Waals surface area contributed by atoms with Crippen molar-refractivity contribution in [3.05, 3.63) is 36.2 Å². The van der Waals surface area contributed by atoms with Gasteiger partial charge in [-0.1, -0.05) is 12.1 Å². The van der Waals surface area contributed by atoms with Crippen molar-refractivity contribution in [1.29, 1.82) is 0 Å². The Morgan fingerprint density at radius 2 is 1.94 bits per heavy atom. The van der Waals surface area contributed by atoms with Crippen molar-refractivity contribution in [3.8, 4) is 0 Å². The molecule has 10 heteroatoms. The number of amides is 2. The van der Waals surface area contributed by atoms with Crippen LogP contribution in [0.3, 0.4) is 0 Å². The number of carbonyl (C=O) groups excluding carboxylic acids is 2. The van der Waals surface area contributed by atoms with Crippen LogP contribution in [0.2, 0.25) is 0 Å². The molecule has 2 aliphatic heterocycles. The number of aliphatic hydroxyl groups excluding tert-OH is 1. The number of anilines is 2. The molecule has 1 unspecified atom stereocenters. The SMILES string of the molecule is CN(C)C/C=C/C(=O)N1CCN(CC(O)CN2CC[C@H](N)C(=O)N(C)c3cccc(F)c32)CC1. The van der Waals surface area contributed by atoms with Crippen molar-refractivity contribution in [2.24, 2.45) is 5.73 Å². The van der Waals surface area contributed by atoms with Crippen LogP contribution in [-0.4, -0.2) is 117 Å². The third-order valence-corrected chi connectivity index (χ3v) is 6.32. The van der Waals surface area contributed by atoms with Crippen LogP contribution in [0, 0.1) is 5.82 Å². The second kappa shape index (κ2) is 11.7. The molecule has 2 heterocycles. The number of β-amino-alcohol motifs (C(OH)–C–C–N with tert-alkyl or cyclic N) is 1. The first-order valence-electron chi connectivity index (χ1n) is 11.7. The standard InChI is InChI=1S/C24H37FN6O3/c1-27(2)10-5-8-22(33)30-14-12-29(13-15-30)16-18(32)17-31-11-9-20(26)24(34)28(3)21-7-4-6-19(25)23(21)31/h4-8,18,20,32H,9-17,26H2,1-3H3/b8-5+/t18?,20-/m0/s1. The van der Waals surface area contributed by atoms with E-state index in [1.54, 1.807) is 30.2 Å². The van der Waals surface area contributed by atoms with Crippen molar-refractivity contribution in [2.45, 2.75) is 18.6 Å². The van der Waals surface area contributed by atoms with E-state index in [0.29, 0.717) is 63.6 Å². The van der Waals surface area contributed by atoms with Gasteiger partial charge in [-0.3, -0.25) is 14.5 Å². The number of hydrogen-bond donors (Lipinski definition) is 2. The Morgan fingerprint density at radius 1 is 1.24 bits per heavy atom. The summed E-state index contributed by atoms with van der Waals surface area (Å²) in [5.41, 5.74) is 6.79. The fourth-order valence-corrected chi connectivity index (χ4v) is 4.40. The van der Waals surface area contributed by atoms with Crippen LogP contribution in [-0.2, 0) is 9.59 Å². The minimum absolute atomic E-state index is 0.00442. The molecule has 1 aromatic rings. The van der Waals surface area contributed by atoms with E-state index in [2.05, 4.69) is 4.90 Å². The van der Waals surface area contributed by atoms with Crippen molar-refractivity contribution in [1.82, 2.24) is 14.7 Å². The molecule has 3 N–H and O–H groups in total. The molecule has 2 atom stereocenters. The molecule has 34 heavy (non-hydrogen) atoms. The Hall–Kier alpha value is -2.53. The van der Waals surface area contributed by atoms with E-state index < -0.39 is 18.0 Å². The molecule has 0 radical (unpaired) electrons. The van der Waals surface area contributed by atoms with Gasteiger partial charge in [-0.25, -0.2) is 4.39 Å². The Bertz CT molecular complexity index is 887. The van der Waals surface area contributed by atoms with Gasteiger partial charge in [0.15, 0.2) is 0 Å². The lowest BCUT2D eigenvalue weighted by atomic mass is 10.1. The van der Waals surface area contributed by atoms with E-state index >= 15 is 0 Å². The molecule has 0 aliphatic carbocycles. The Balaban J connectivity index is 1.59. The van der Waals surface area contributed by atoms with Crippen molar-refractivity contribution >= 4 is 23.2 Å². The fourth-order valence-electron chi connectivity index (χ4n) is 4.40. The number of fused-ring (bicyclic) bond motifs is 1. The maximum atomic E-state index is 14.8. The van der Waals surface area contributed by atoms with Gasteiger partial charge in [0, 0.05) is 65.5 Å². The summed E-state index contributed by atoms with van der Waals surface area (Å²) in [7, 11) is 5.49. The highest BCUT2D eigenvalue weighted by atomic mass is 19.1. The zero-order chi connectivity index (χ0) is 24.8. The van der Waals surface area contributed by atoms with Crippen molar-refractivity contribution in [3.63, 3.8) is 0 Å². The van der Waals surface area contributed by atoms with Crippen LogP contribution in [0.25, 0.3) is 0 Å². The highest BCUT2D eigenvalue weighted by molar-refractivity contribution is 6.00. The fraction of sp³-hybridized carbons (Fsp3) is 0.583. The highest BCUT2D eigenvalue weighted by Crippen LogP contribution is 2.34. The number of carbonyl (C=O) groups is 2. The van der Waals surface area contributed by atoms with E-state index in [4.69, 9.17) is 5.73 Å². The van der Waals surface area contributed by atoms with Gasteiger partial charge in [-0.2, -0.15) is 0 Å². The van der Waals surface area contributed by atoms with E-state index in [1.807, 2.05) is 30.0 Å². The summed E-state index contributed by atoms with van der Waals surface area (Å²) >= 11 is 0. The predicted molar refractivity (Wildman–Crippen MR) is 131 cm³/mol. The molecule has 3 rings (SSSR count). The first-order chi connectivity index (χ1) is 16.2. The number of para-hydroxylation sites is 1. The minimum Gasteiger partial charge on any atom is -0.390 e. The summed E-state index contributed by atoms with van der Waals surface area (Å²) in [6, 6.07) is 3.94. The summed E-state index contributed by atoms with van der Waals surface area (Å²) < 4.78 is 14.8. The smallest absolute Gasteiger partial charge is 0.246 e. The van der Waals surface area contributed by atoms with Crippen LogP contribution in [0.5, 0.6) is 0 Å². The lowest BCUT2D eigenvalue weighted by Crippen LogP contribution is -2.52. The van der Waals surface area contributed by atoms with E-state index in [-0.39, 0.29) is 18.4 Å². The molecule has 1 saturated heterocycles. The molecular formula is C24H37FN6O3. The maximum absolute atomic E-state index is 14.8. The summed E-state index contributed by atoms with van der Waals surface area (Å²) in [5.74, 6) is -0.685. The Labute approximate surface area is 201 Å². The molecule has 0 aromatic heterocycles. The third-order valence-electron chi connectivity index (χ3n) is 6.32. The largest absolute Gasteiger partial charge is 0.390 e. The number of likely N-dealkylation sites (N-methyl/N-ethyl adjacent to an activating group) is 2. The Kier molecular flexibility index (Phi) is 9.01. The minimum atomic E-state index is -0.730. The zero-order valence-corrected chi connectivity index (χ0v) is 20.4. The molecule has 9 nitrogen and oxygen atoms in total. The molecule has 2 aliphatic rings. The second-order valence-electron chi connectivity index (χ2n) is 9.29. The van der Waals surface area contributed by atoms with Gasteiger partial charge >= 0.3 is 0 Å². The number of piperazine rings is 1. The van der Waals surface area contributed by atoms with Gasteiger partial charge in [-0.05, 0) is 32.6 Å². The van der Waals surface area contributed by atoms with Gasteiger partial charge in [0.2, 0.25) is 11.8 Å². The van der Waals surface area contributed by atoms with Gasteiger partial charge < -0.3 is 30.4 Å². The number of rotatable bonds is 7. The predicted octanol–water partition coefficient (Wildman–Crippen LogP) is -0.0512. The number of nitrogens with two attached hydrogens (primary N) is 1. The van der Waals surface area contributed by atoms with Gasteiger partial charge in [0.05, 0.1) is 23.5 Å². The van der Waals surface area contributed by atoms with Crippen LogP contribution >= 0.6 is 0 Å². The van der Waals surface area contributed by atoms with Crippen molar-refractivity contribution in [2.75, 3.05) is 83.3 Å². The van der Waals surface area contributed by atoms with Crippen LogP contribution < -0.4 is 15.5 Å².